The van der Waals surface area contributed by atoms with Crippen molar-refractivity contribution >= 4 is 29.8 Å². The second-order valence-electron chi connectivity index (χ2n) is 6.90. The third kappa shape index (κ3) is 5.67. The summed E-state index contributed by atoms with van der Waals surface area (Å²) in [4.78, 5) is 32.0. The van der Waals surface area contributed by atoms with Crippen molar-refractivity contribution < 1.29 is 9.59 Å². The average Bonchev–Trinajstić information content (AvgIpc) is 2.72. The lowest BCUT2D eigenvalue weighted by Crippen LogP contribution is -2.42. The molecule has 146 valence electrons. The molecule has 1 aromatic heterocycles. The van der Waals surface area contributed by atoms with E-state index < -0.39 is 0 Å². The second-order valence-corrected chi connectivity index (χ2v) is 6.90. The minimum Gasteiger partial charge on any atom is -0.341 e. The Kier molecular flexibility index (Phi) is 6.78. The van der Waals surface area contributed by atoms with Crippen molar-refractivity contribution in [2.45, 2.75) is 19.3 Å². The minimum atomic E-state index is -0.185. The average molecular weight is 378 g/mol. The Hall–Kier alpha value is -3.15. The van der Waals surface area contributed by atoms with Crippen molar-refractivity contribution in [1.82, 2.24) is 14.8 Å². The molecule has 3 rings (SSSR count). The maximum absolute atomic E-state index is 12.4. The van der Waals surface area contributed by atoms with Gasteiger partial charge < -0.3 is 15.1 Å². The third-order valence-corrected chi connectivity index (χ3v) is 4.75. The Labute approximate surface area is 165 Å². The van der Waals surface area contributed by atoms with Gasteiger partial charge in [-0.25, -0.2) is 4.79 Å². The van der Waals surface area contributed by atoms with Gasteiger partial charge in [0.1, 0.15) is 0 Å². The van der Waals surface area contributed by atoms with Crippen LogP contribution >= 0.6 is 0 Å². The summed E-state index contributed by atoms with van der Waals surface area (Å²) in [6.07, 6.45) is 8.28. The summed E-state index contributed by atoms with van der Waals surface area (Å²) >= 11 is 0. The number of carbonyl (C=O) groups is 2. The van der Waals surface area contributed by atoms with Crippen LogP contribution in [0.3, 0.4) is 0 Å². The molecule has 6 heteroatoms. The van der Waals surface area contributed by atoms with Crippen molar-refractivity contribution in [3.8, 4) is 0 Å². The van der Waals surface area contributed by atoms with Gasteiger partial charge in [-0.1, -0.05) is 24.3 Å². The van der Waals surface area contributed by atoms with E-state index >= 15 is 0 Å². The highest BCUT2D eigenvalue weighted by Gasteiger charge is 2.19. The number of nitrogens with zero attached hydrogens (tertiary/aromatic N) is 3. The number of pyridine rings is 1. The molecule has 0 aliphatic carbocycles. The molecule has 0 saturated carbocycles. The zero-order valence-corrected chi connectivity index (χ0v) is 16.2. The zero-order chi connectivity index (χ0) is 19.8. The van der Waals surface area contributed by atoms with Crippen molar-refractivity contribution in [3.63, 3.8) is 0 Å². The van der Waals surface area contributed by atoms with Crippen molar-refractivity contribution in [3.05, 3.63) is 59.9 Å². The van der Waals surface area contributed by atoms with E-state index in [0.29, 0.717) is 19.5 Å². The van der Waals surface area contributed by atoms with Crippen LogP contribution in [0.5, 0.6) is 0 Å². The first kappa shape index (κ1) is 19.6. The molecule has 1 aliphatic heterocycles. The molecule has 1 aromatic carbocycles. The molecule has 28 heavy (non-hydrogen) atoms. The van der Waals surface area contributed by atoms with Crippen LogP contribution in [0.25, 0.3) is 12.2 Å². The lowest BCUT2D eigenvalue weighted by Gasteiger charge is -2.28. The highest BCUT2D eigenvalue weighted by Crippen LogP contribution is 2.14. The summed E-state index contributed by atoms with van der Waals surface area (Å²) in [6.45, 7) is 1.88. The standard InChI is InChI=1S/C22H26N4O2/c1-25(15-16-26-14-5-3-10-21(26)27)22(28)24-20-9-6-7-18(17-20)11-12-19-8-2-4-13-23-19/h2,4,6-9,11-13,17H,3,5,10,14-16H2,1H3,(H,24,28). The van der Waals surface area contributed by atoms with Gasteiger partial charge in [-0.15, -0.1) is 0 Å². The number of nitrogens with one attached hydrogen (secondary N) is 1. The Bertz CT molecular complexity index is 835. The summed E-state index contributed by atoms with van der Waals surface area (Å²) in [7, 11) is 1.74. The number of benzene rings is 1. The molecule has 1 aliphatic rings. The van der Waals surface area contributed by atoms with E-state index in [2.05, 4.69) is 10.3 Å². The van der Waals surface area contributed by atoms with Gasteiger partial charge in [0.2, 0.25) is 5.91 Å². The number of likely N-dealkylation sites (tertiary alicyclic amines) is 1. The number of rotatable bonds is 6. The first-order chi connectivity index (χ1) is 13.6. The number of anilines is 1. The van der Waals surface area contributed by atoms with Gasteiger partial charge in [0.25, 0.3) is 0 Å². The number of amides is 3. The number of hydrogen-bond donors (Lipinski definition) is 1. The highest BCUT2D eigenvalue weighted by molar-refractivity contribution is 5.89. The molecule has 2 heterocycles. The summed E-state index contributed by atoms with van der Waals surface area (Å²) in [6, 6.07) is 13.2. The number of likely N-dealkylation sites (N-methyl/N-ethyl adjacent to an activating group) is 1. The number of hydrogen-bond acceptors (Lipinski definition) is 3. The van der Waals surface area contributed by atoms with Crippen LogP contribution in [0.4, 0.5) is 10.5 Å². The van der Waals surface area contributed by atoms with Crippen LogP contribution in [0.1, 0.15) is 30.5 Å². The maximum Gasteiger partial charge on any atom is 0.321 e. The highest BCUT2D eigenvalue weighted by atomic mass is 16.2. The minimum absolute atomic E-state index is 0.185. The Morgan fingerprint density at radius 3 is 2.89 bits per heavy atom. The summed E-state index contributed by atoms with van der Waals surface area (Å²) in [5, 5.41) is 2.91. The van der Waals surface area contributed by atoms with E-state index in [-0.39, 0.29) is 11.9 Å². The van der Waals surface area contributed by atoms with Gasteiger partial charge >= 0.3 is 6.03 Å². The predicted octanol–water partition coefficient (Wildman–Crippen LogP) is 3.73. The number of aromatic nitrogens is 1. The number of carbonyl (C=O) groups excluding carboxylic acids is 2. The van der Waals surface area contributed by atoms with Crippen LogP contribution in [-0.4, -0.2) is 53.4 Å². The number of urea groups is 1. The molecule has 2 aromatic rings. The molecule has 0 unspecified atom stereocenters. The summed E-state index contributed by atoms with van der Waals surface area (Å²) < 4.78 is 0. The third-order valence-electron chi connectivity index (χ3n) is 4.75. The van der Waals surface area contributed by atoms with Gasteiger partial charge in [-0.2, -0.15) is 0 Å². The van der Waals surface area contributed by atoms with Gasteiger partial charge in [-0.3, -0.25) is 9.78 Å². The molecular weight excluding hydrogens is 352 g/mol. The Morgan fingerprint density at radius 1 is 1.21 bits per heavy atom. The smallest absolute Gasteiger partial charge is 0.321 e. The van der Waals surface area contributed by atoms with E-state index in [4.69, 9.17) is 0 Å². The van der Waals surface area contributed by atoms with Crippen LogP contribution < -0.4 is 5.32 Å². The largest absolute Gasteiger partial charge is 0.341 e. The van der Waals surface area contributed by atoms with Gasteiger partial charge in [0.05, 0.1) is 5.69 Å². The second kappa shape index (κ2) is 9.69. The Balaban J connectivity index is 1.53. The first-order valence-electron chi connectivity index (χ1n) is 9.61. The molecule has 0 spiro atoms. The fraction of sp³-hybridized carbons (Fsp3) is 0.318. The quantitative estimate of drug-likeness (QED) is 0.833. The van der Waals surface area contributed by atoms with Gasteiger partial charge in [0.15, 0.2) is 0 Å². The van der Waals surface area contributed by atoms with Crippen LogP contribution in [0, 0.1) is 0 Å². The lowest BCUT2D eigenvalue weighted by atomic mass is 10.1. The Morgan fingerprint density at radius 2 is 2.11 bits per heavy atom. The van der Waals surface area contributed by atoms with Gasteiger partial charge in [-0.05, 0) is 48.7 Å². The van der Waals surface area contributed by atoms with Crippen LogP contribution in [-0.2, 0) is 4.79 Å². The molecule has 1 fully saturated rings. The van der Waals surface area contributed by atoms with Crippen molar-refractivity contribution in [2.24, 2.45) is 0 Å². The fourth-order valence-electron chi connectivity index (χ4n) is 3.07. The van der Waals surface area contributed by atoms with Crippen LogP contribution in [0.15, 0.2) is 48.7 Å². The maximum atomic E-state index is 12.4. The number of piperidine rings is 1. The summed E-state index contributed by atoms with van der Waals surface area (Å²) in [5.41, 5.74) is 2.59. The SMILES string of the molecule is CN(CCN1CCCCC1=O)C(=O)Nc1cccc(C=Cc2ccccn2)c1. The van der Waals surface area contributed by atoms with E-state index in [1.54, 1.807) is 18.1 Å². The molecule has 1 saturated heterocycles. The predicted molar refractivity (Wildman–Crippen MR) is 112 cm³/mol. The topological polar surface area (TPSA) is 65.5 Å². The molecule has 0 radical (unpaired) electrons. The fourth-order valence-corrected chi connectivity index (χ4v) is 3.07. The van der Waals surface area contributed by atoms with Crippen molar-refractivity contribution in [2.75, 3.05) is 32.0 Å². The molecule has 3 amide bonds. The molecule has 0 atom stereocenters. The molecule has 6 nitrogen and oxygen atoms in total. The van der Waals surface area contributed by atoms with E-state index in [1.165, 1.54) is 0 Å². The monoisotopic (exact) mass is 378 g/mol. The molecule has 0 bridgehead atoms. The van der Waals surface area contributed by atoms with E-state index in [9.17, 15) is 9.59 Å². The lowest BCUT2D eigenvalue weighted by molar-refractivity contribution is -0.133. The molecule has 1 N–H and O–H groups in total. The summed E-state index contributed by atoms with van der Waals surface area (Å²) in [5.74, 6) is 0.187. The van der Waals surface area contributed by atoms with E-state index in [0.717, 1.165) is 36.3 Å². The normalized spacial score (nSPS) is 14.3. The zero-order valence-electron chi connectivity index (χ0n) is 16.2. The van der Waals surface area contributed by atoms with E-state index in [1.807, 2.05) is 59.5 Å². The van der Waals surface area contributed by atoms with Crippen molar-refractivity contribution in [1.29, 1.82) is 0 Å². The first-order valence-corrected chi connectivity index (χ1v) is 9.61. The van der Waals surface area contributed by atoms with Crippen LogP contribution in [0.2, 0.25) is 0 Å². The molecular formula is C22H26N4O2. The van der Waals surface area contributed by atoms with Gasteiger partial charge in [0, 0.05) is 45.0 Å².